The number of carbonyl (C=O) groups excluding carboxylic acids is 1. The van der Waals surface area contributed by atoms with Crippen molar-refractivity contribution in [2.75, 3.05) is 20.3 Å². The van der Waals surface area contributed by atoms with Crippen LogP contribution in [-0.2, 0) is 6.42 Å². The van der Waals surface area contributed by atoms with Gasteiger partial charge in [-0.3, -0.25) is 9.59 Å². The summed E-state index contributed by atoms with van der Waals surface area (Å²) >= 11 is 0. The van der Waals surface area contributed by atoms with Crippen LogP contribution in [0.15, 0.2) is 75.9 Å². The second kappa shape index (κ2) is 9.85. The van der Waals surface area contributed by atoms with Crippen LogP contribution < -0.4 is 14.9 Å². The Kier molecular flexibility index (Phi) is 6.46. The Morgan fingerprint density at radius 3 is 2.56 bits per heavy atom. The lowest BCUT2D eigenvalue weighted by molar-refractivity contribution is 0.0730. The van der Waals surface area contributed by atoms with Gasteiger partial charge in [-0.05, 0) is 66.4 Å². The van der Waals surface area contributed by atoms with E-state index in [1.165, 1.54) is 12.1 Å². The summed E-state index contributed by atoms with van der Waals surface area (Å²) in [6, 6.07) is 18.1. The molecule has 0 saturated heterocycles. The minimum atomic E-state index is -0.681. The maximum Gasteiger partial charge on any atom is 0.290 e. The highest BCUT2D eigenvalue weighted by atomic mass is 19.1. The van der Waals surface area contributed by atoms with Crippen molar-refractivity contribution in [2.45, 2.75) is 25.8 Å². The van der Waals surface area contributed by atoms with E-state index < -0.39 is 17.3 Å². The molecular formula is C29H26FNO5. The van der Waals surface area contributed by atoms with Crippen molar-refractivity contribution in [1.29, 1.82) is 0 Å². The first-order valence-electron chi connectivity index (χ1n) is 11.9. The van der Waals surface area contributed by atoms with Crippen LogP contribution in [0, 0.1) is 5.82 Å². The van der Waals surface area contributed by atoms with Crippen LogP contribution in [0.25, 0.3) is 11.0 Å². The van der Waals surface area contributed by atoms with Gasteiger partial charge in [0.05, 0.1) is 30.7 Å². The monoisotopic (exact) mass is 487 g/mol. The number of hydrogen-bond acceptors (Lipinski definition) is 5. The van der Waals surface area contributed by atoms with E-state index in [4.69, 9.17) is 13.9 Å². The van der Waals surface area contributed by atoms with Crippen LogP contribution in [0.3, 0.4) is 0 Å². The van der Waals surface area contributed by atoms with Crippen molar-refractivity contribution in [3.63, 3.8) is 0 Å². The zero-order valence-electron chi connectivity index (χ0n) is 20.1. The Labute approximate surface area is 207 Å². The van der Waals surface area contributed by atoms with Crippen LogP contribution in [-0.4, -0.2) is 31.1 Å². The van der Waals surface area contributed by atoms with Gasteiger partial charge in [0.2, 0.25) is 5.76 Å². The van der Waals surface area contributed by atoms with E-state index in [2.05, 4.69) is 0 Å². The Hall–Kier alpha value is -4.13. The van der Waals surface area contributed by atoms with Crippen molar-refractivity contribution in [1.82, 2.24) is 4.90 Å². The lowest BCUT2D eigenvalue weighted by Gasteiger charge is -2.25. The second-order valence-corrected chi connectivity index (χ2v) is 8.73. The van der Waals surface area contributed by atoms with E-state index in [-0.39, 0.29) is 28.2 Å². The number of amides is 1. The van der Waals surface area contributed by atoms with E-state index in [1.807, 2.05) is 55.5 Å². The van der Waals surface area contributed by atoms with Crippen molar-refractivity contribution < 1.29 is 23.1 Å². The molecule has 36 heavy (non-hydrogen) atoms. The number of hydrogen-bond donors (Lipinski definition) is 0. The van der Waals surface area contributed by atoms with Crippen LogP contribution in [0.4, 0.5) is 4.39 Å². The van der Waals surface area contributed by atoms with E-state index in [1.54, 1.807) is 12.0 Å². The molecule has 0 spiro atoms. The highest BCUT2D eigenvalue weighted by Crippen LogP contribution is 2.39. The summed E-state index contributed by atoms with van der Waals surface area (Å²) in [5, 5.41) is 0.113. The Bertz CT molecular complexity index is 1480. The molecule has 1 aromatic heterocycles. The lowest BCUT2D eigenvalue weighted by atomic mass is 9.98. The normalized spacial score (nSPS) is 14.8. The fourth-order valence-electron chi connectivity index (χ4n) is 4.61. The number of methoxy groups -OCH3 is 1. The summed E-state index contributed by atoms with van der Waals surface area (Å²) in [6.07, 6.45) is 1.42. The minimum Gasteiger partial charge on any atom is -0.497 e. The number of ether oxygens (including phenoxy) is 2. The molecule has 5 rings (SSSR count). The molecule has 0 fully saturated rings. The average Bonchev–Trinajstić information content (AvgIpc) is 3.18. The standard InChI is InChI=1S/C29H26FNO5/c1-3-15-35-22-6-4-5-19(16-22)26-25-27(32)23-17-20(30)9-12-24(23)36-28(25)29(33)31(26)14-13-18-7-10-21(34-2)11-8-18/h4-12,16-17,26H,3,13-15H2,1-2H3/t26-/m1/s1. The van der Waals surface area contributed by atoms with Gasteiger partial charge in [-0.2, -0.15) is 0 Å². The molecule has 0 unspecified atom stereocenters. The molecular weight excluding hydrogens is 461 g/mol. The quantitative estimate of drug-likeness (QED) is 0.328. The molecule has 0 aliphatic carbocycles. The maximum absolute atomic E-state index is 14.0. The van der Waals surface area contributed by atoms with Gasteiger partial charge in [-0.1, -0.05) is 31.2 Å². The third kappa shape index (κ3) is 4.33. The molecule has 1 amide bonds. The predicted molar refractivity (Wildman–Crippen MR) is 134 cm³/mol. The number of halogens is 1. The molecule has 1 aliphatic rings. The van der Waals surface area contributed by atoms with Gasteiger partial charge in [0.25, 0.3) is 5.91 Å². The third-order valence-electron chi connectivity index (χ3n) is 6.37. The zero-order valence-corrected chi connectivity index (χ0v) is 20.1. The van der Waals surface area contributed by atoms with Crippen molar-refractivity contribution in [3.8, 4) is 11.5 Å². The largest absolute Gasteiger partial charge is 0.497 e. The molecule has 6 nitrogen and oxygen atoms in total. The van der Waals surface area contributed by atoms with E-state index in [9.17, 15) is 14.0 Å². The Balaban J connectivity index is 1.59. The lowest BCUT2D eigenvalue weighted by Crippen LogP contribution is -2.31. The number of benzene rings is 3. The first kappa shape index (κ1) is 23.6. The highest BCUT2D eigenvalue weighted by Gasteiger charge is 2.42. The van der Waals surface area contributed by atoms with Gasteiger partial charge in [-0.15, -0.1) is 0 Å². The number of rotatable bonds is 8. The molecule has 0 bridgehead atoms. The van der Waals surface area contributed by atoms with Gasteiger partial charge in [0.1, 0.15) is 22.9 Å². The molecule has 184 valence electrons. The van der Waals surface area contributed by atoms with Crippen LogP contribution in [0.2, 0.25) is 0 Å². The first-order valence-corrected chi connectivity index (χ1v) is 11.9. The van der Waals surface area contributed by atoms with Gasteiger partial charge < -0.3 is 18.8 Å². The van der Waals surface area contributed by atoms with Gasteiger partial charge in [0, 0.05) is 6.54 Å². The van der Waals surface area contributed by atoms with E-state index in [0.29, 0.717) is 25.3 Å². The van der Waals surface area contributed by atoms with Crippen LogP contribution in [0.5, 0.6) is 11.5 Å². The van der Waals surface area contributed by atoms with E-state index >= 15 is 0 Å². The SMILES string of the molecule is CCCOc1cccc([C@@H]2c3c(oc4ccc(F)cc4c3=O)C(=O)N2CCc2ccc(OC)cc2)c1. The fraction of sp³-hybridized carbons (Fsp3) is 0.241. The van der Waals surface area contributed by atoms with Gasteiger partial charge >= 0.3 is 0 Å². The smallest absolute Gasteiger partial charge is 0.290 e. The summed E-state index contributed by atoms with van der Waals surface area (Å²) < 4.78 is 30.9. The minimum absolute atomic E-state index is 0.00119. The number of carbonyl (C=O) groups is 1. The molecule has 0 saturated carbocycles. The summed E-state index contributed by atoms with van der Waals surface area (Å²) in [5.41, 5.74) is 1.75. The van der Waals surface area contributed by atoms with Crippen LogP contribution in [0.1, 0.15) is 46.6 Å². The Morgan fingerprint density at radius 1 is 1.00 bits per heavy atom. The second-order valence-electron chi connectivity index (χ2n) is 8.73. The van der Waals surface area contributed by atoms with Gasteiger partial charge in [-0.25, -0.2) is 4.39 Å². The summed E-state index contributed by atoms with van der Waals surface area (Å²) in [6.45, 7) is 2.92. The highest BCUT2D eigenvalue weighted by molar-refractivity contribution is 5.99. The molecule has 2 heterocycles. The first-order chi connectivity index (χ1) is 17.5. The molecule has 1 atom stereocenters. The van der Waals surface area contributed by atoms with Gasteiger partial charge in [0.15, 0.2) is 5.43 Å². The summed E-state index contributed by atoms with van der Waals surface area (Å²) in [7, 11) is 1.61. The van der Waals surface area contributed by atoms with Crippen molar-refractivity contribution >= 4 is 16.9 Å². The van der Waals surface area contributed by atoms with E-state index in [0.717, 1.165) is 29.4 Å². The average molecular weight is 488 g/mol. The molecule has 0 radical (unpaired) electrons. The summed E-state index contributed by atoms with van der Waals surface area (Å²) in [4.78, 5) is 28.8. The van der Waals surface area contributed by atoms with Crippen molar-refractivity contribution in [3.05, 3.63) is 105 Å². The molecule has 0 N–H and O–H groups in total. The fourth-order valence-corrected chi connectivity index (χ4v) is 4.61. The Morgan fingerprint density at radius 2 is 1.81 bits per heavy atom. The number of fused-ring (bicyclic) bond motifs is 2. The molecule has 3 aromatic carbocycles. The van der Waals surface area contributed by atoms with Crippen molar-refractivity contribution in [2.24, 2.45) is 0 Å². The zero-order chi connectivity index (χ0) is 25.2. The number of nitrogens with zero attached hydrogens (tertiary/aromatic N) is 1. The predicted octanol–water partition coefficient (Wildman–Crippen LogP) is 5.52. The molecule has 7 heteroatoms. The van der Waals surface area contributed by atoms with Crippen LogP contribution >= 0.6 is 0 Å². The topological polar surface area (TPSA) is 69.0 Å². The maximum atomic E-state index is 14.0. The summed E-state index contributed by atoms with van der Waals surface area (Å²) in [5.74, 6) is 0.493. The molecule has 4 aromatic rings. The molecule has 1 aliphatic heterocycles. The third-order valence-corrected chi connectivity index (χ3v) is 6.37.